The van der Waals surface area contributed by atoms with E-state index in [0.717, 1.165) is 49.5 Å². The smallest absolute Gasteiger partial charge is 0.291 e. The minimum Gasteiger partial charge on any atom is -0.459 e. The Hall–Kier alpha value is -4.56. The number of nitrogens with zero attached hydrogens (tertiary/aromatic N) is 3. The van der Waals surface area contributed by atoms with Crippen molar-refractivity contribution >= 4 is 28.9 Å². The molecule has 2 heterocycles. The number of amides is 2. The third-order valence-corrected chi connectivity index (χ3v) is 7.60. The molecular formula is C34H39N5O3. The SMILES string of the molecule is Cc1cc(N2CCN(c3ccccc3C)CC2)c(NC(=O)c2ccco2)cc1C(=O)NCc1cccc(CN(C)C)c1. The highest BCUT2D eigenvalue weighted by atomic mass is 16.3. The molecule has 0 unspecified atom stereocenters. The fourth-order valence-corrected chi connectivity index (χ4v) is 5.48. The fourth-order valence-electron chi connectivity index (χ4n) is 5.48. The molecule has 0 saturated carbocycles. The van der Waals surface area contributed by atoms with Crippen molar-refractivity contribution in [1.82, 2.24) is 10.2 Å². The topological polar surface area (TPSA) is 81.1 Å². The van der Waals surface area contributed by atoms with E-state index in [1.165, 1.54) is 23.1 Å². The summed E-state index contributed by atoms with van der Waals surface area (Å²) in [4.78, 5) is 33.2. The Labute approximate surface area is 247 Å². The number of para-hydroxylation sites is 1. The highest BCUT2D eigenvalue weighted by molar-refractivity contribution is 6.06. The number of furan rings is 1. The standard InChI is InChI=1S/C34H39N5O3/c1-24-9-5-6-12-30(24)38-14-16-39(17-15-38)31-19-25(2)28(21-29(31)36-34(41)32-13-8-18-42-32)33(40)35-22-26-10-7-11-27(20-26)23-37(3)4/h5-13,18-21H,14-17,22-23H2,1-4H3,(H,35,40)(H,36,41). The van der Waals surface area contributed by atoms with E-state index in [1.54, 1.807) is 18.2 Å². The third kappa shape index (κ3) is 6.83. The summed E-state index contributed by atoms with van der Waals surface area (Å²) in [5.41, 5.74) is 7.59. The number of anilines is 3. The second-order valence-corrected chi connectivity index (χ2v) is 11.1. The van der Waals surface area contributed by atoms with Crippen LogP contribution < -0.4 is 20.4 Å². The van der Waals surface area contributed by atoms with Crippen molar-refractivity contribution in [2.45, 2.75) is 26.9 Å². The molecule has 42 heavy (non-hydrogen) atoms. The maximum atomic E-state index is 13.4. The van der Waals surface area contributed by atoms with Gasteiger partial charge in [-0.1, -0.05) is 42.5 Å². The first-order valence-corrected chi connectivity index (χ1v) is 14.3. The van der Waals surface area contributed by atoms with Gasteiger partial charge in [-0.3, -0.25) is 9.59 Å². The van der Waals surface area contributed by atoms with Crippen molar-refractivity contribution in [2.24, 2.45) is 0 Å². The van der Waals surface area contributed by atoms with E-state index < -0.39 is 0 Å². The molecule has 1 fully saturated rings. The van der Waals surface area contributed by atoms with Crippen molar-refractivity contribution < 1.29 is 14.0 Å². The average molecular weight is 566 g/mol. The number of hydrogen-bond donors (Lipinski definition) is 2. The van der Waals surface area contributed by atoms with E-state index in [4.69, 9.17) is 4.42 Å². The minimum absolute atomic E-state index is 0.185. The molecule has 218 valence electrons. The fraction of sp³-hybridized carbons (Fsp3) is 0.294. The summed E-state index contributed by atoms with van der Waals surface area (Å²) in [6.45, 7) is 8.60. The largest absolute Gasteiger partial charge is 0.459 e. The van der Waals surface area contributed by atoms with E-state index in [-0.39, 0.29) is 17.6 Å². The Morgan fingerprint density at radius 1 is 0.786 bits per heavy atom. The summed E-state index contributed by atoms with van der Waals surface area (Å²) in [7, 11) is 4.07. The molecule has 1 aliphatic rings. The van der Waals surface area contributed by atoms with Crippen LogP contribution in [-0.4, -0.2) is 57.0 Å². The summed E-state index contributed by atoms with van der Waals surface area (Å²) in [6, 6.07) is 23.8. The third-order valence-electron chi connectivity index (χ3n) is 7.60. The van der Waals surface area contributed by atoms with Crippen molar-refractivity contribution in [1.29, 1.82) is 0 Å². The normalized spacial score (nSPS) is 13.4. The van der Waals surface area contributed by atoms with Crippen LogP contribution >= 0.6 is 0 Å². The predicted octanol–water partition coefficient (Wildman–Crippen LogP) is 5.47. The summed E-state index contributed by atoms with van der Waals surface area (Å²) >= 11 is 0. The molecule has 1 aliphatic heterocycles. The molecule has 4 aromatic rings. The Morgan fingerprint density at radius 2 is 1.50 bits per heavy atom. The van der Waals surface area contributed by atoms with Gasteiger partial charge >= 0.3 is 0 Å². The van der Waals surface area contributed by atoms with E-state index >= 15 is 0 Å². The molecule has 2 N–H and O–H groups in total. The number of hydrogen-bond acceptors (Lipinski definition) is 6. The van der Waals surface area contributed by atoms with E-state index in [0.29, 0.717) is 17.8 Å². The molecule has 8 nitrogen and oxygen atoms in total. The van der Waals surface area contributed by atoms with E-state index in [2.05, 4.69) is 68.7 Å². The highest BCUT2D eigenvalue weighted by Crippen LogP contribution is 2.32. The van der Waals surface area contributed by atoms with Gasteiger partial charge in [-0.25, -0.2) is 0 Å². The van der Waals surface area contributed by atoms with Crippen molar-refractivity contribution in [3.63, 3.8) is 0 Å². The van der Waals surface area contributed by atoms with Crippen LogP contribution in [0.25, 0.3) is 0 Å². The molecule has 0 radical (unpaired) electrons. The highest BCUT2D eigenvalue weighted by Gasteiger charge is 2.24. The molecule has 0 aliphatic carbocycles. The van der Waals surface area contributed by atoms with Gasteiger partial charge in [0.15, 0.2) is 5.76 Å². The quantitative estimate of drug-likeness (QED) is 0.280. The van der Waals surface area contributed by atoms with Gasteiger partial charge in [0.05, 0.1) is 17.6 Å². The molecule has 0 atom stereocenters. The van der Waals surface area contributed by atoms with Crippen LogP contribution in [0.1, 0.15) is 43.2 Å². The first kappa shape index (κ1) is 29.0. The van der Waals surface area contributed by atoms with Crippen LogP contribution in [-0.2, 0) is 13.1 Å². The minimum atomic E-state index is -0.354. The molecule has 0 bridgehead atoms. The van der Waals surface area contributed by atoms with Gasteiger partial charge in [-0.2, -0.15) is 0 Å². The molecular weight excluding hydrogens is 526 g/mol. The predicted molar refractivity (Wildman–Crippen MR) is 168 cm³/mol. The number of piperazine rings is 1. The van der Waals surface area contributed by atoms with Gasteiger partial charge in [-0.05, 0) is 80.5 Å². The summed E-state index contributed by atoms with van der Waals surface area (Å²) < 4.78 is 5.34. The number of aryl methyl sites for hydroxylation is 2. The summed E-state index contributed by atoms with van der Waals surface area (Å²) in [6.07, 6.45) is 1.47. The Bertz CT molecular complexity index is 1540. The first-order chi connectivity index (χ1) is 20.3. The van der Waals surface area contributed by atoms with Crippen LogP contribution in [0.4, 0.5) is 17.1 Å². The van der Waals surface area contributed by atoms with Gasteiger partial charge in [0.25, 0.3) is 11.8 Å². The second-order valence-electron chi connectivity index (χ2n) is 11.1. The maximum absolute atomic E-state index is 13.4. The molecule has 2 amide bonds. The molecule has 8 heteroatoms. The molecule has 1 saturated heterocycles. The lowest BCUT2D eigenvalue weighted by atomic mass is 10.0. The molecule has 5 rings (SSSR count). The molecule has 0 spiro atoms. The van der Waals surface area contributed by atoms with Gasteiger partial charge in [0.2, 0.25) is 0 Å². The Balaban J connectivity index is 1.36. The summed E-state index contributed by atoms with van der Waals surface area (Å²) in [5.74, 6) is -0.322. The number of benzene rings is 3. The lowest BCUT2D eigenvalue weighted by Gasteiger charge is -2.39. The van der Waals surface area contributed by atoms with Crippen molar-refractivity contribution in [3.05, 3.63) is 113 Å². The van der Waals surface area contributed by atoms with Crippen LogP contribution in [0.5, 0.6) is 0 Å². The van der Waals surface area contributed by atoms with Crippen LogP contribution in [0.3, 0.4) is 0 Å². The zero-order chi connectivity index (χ0) is 29.6. The zero-order valence-electron chi connectivity index (χ0n) is 24.8. The van der Waals surface area contributed by atoms with E-state index in [1.807, 2.05) is 39.2 Å². The number of rotatable bonds is 9. The zero-order valence-corrected chi connectivity index (χ0v) is 24.8. The van der Waals surface area contributed by atoms with Crippen LogP contribution in [0, 0.1) is 13.8 Å². The van der Waals surface area contributed by atoms with Gasteiger partial charge in [-0.15, -0.1) is 0 Å². The second kappa shape index (κ2) is 13.0. The van der Waals surface area contributed by atoms with Crippen molar-refractivity contribution in [3.8, 4) is 0 Å². The van der Waals surface area contributed by atoms with Crippen LogP contribution in [0.2, 0.25) is 0 Å². The van der Waals surface area contributed by atoms with E-state index in [9.17, 15) is 9.59 Å². The Morgan fingerprint density at radius 3 is 2.19 bits per heavy atom. The lowest BCUT2D eigenvalue weighted by molar-refractivity contribution is 0.0948. The number of carbonyl (C=O) groups is 2. The first-order valence-electron chi connectivity index (χ1n) is 14.3. The number of nitrogens with one attached hydrogen (secondary N) is 2. The molecule has 1 aromatic heterocycles. The van der Waals surface area contributed by atoms with Gasteiger partial charge in [0.1, 0.15) is 0 Å². The van der Waals surface area contributed by atoms with Gasteiger partial charge < -0.3 is 29.8 Å². The maximum Gasteiger partial charge on any atom is 0.291 e. The number of carbonyl (C=O) groups excluding carboxylic acids is 2. The van der Waals surface area contributed by atoms with Crippen molar-refractivity contribution in [2.75, 3.05) is 55.4 Å². The summed E-state index contributed by atoms with van der Waals surface area (Å²) in [5, 5.41) is 6.08. The average Bonchev–Trinajstić information content (AvgIpc) is 3.52. The van der Waals surface area contributed by atoms with Crippen LogP contribution in [0.15, 0.2) is 83.5 Å². The Kier molecular flexibility index (Phi) is 8.93. The van der Waals surface area contributed by atoms with Gasteiger partial charge in [0, 0.05) is 50.5 Å². The lowest BCUT2D eigenvalue weighted by Crippen LogP contribution is -2.47. The molecule has 3 aromatic carbocycles. The monoisotopic (exact) mass is 565 g/mol.